The molecule has 0 saturated carbocycles. The Labute approximate surface area is 157 Å². The third-order valence-corrected chi connectivity index (χ3v) is 5.45. The lowest BCUT2D eigenvalue weighted by molar-refractivity contribution is -0.113. The number of carbonyl (C=O) groups excluding carboxylic acids is 1. The van der Waals surface area contributed by atoms with E-state index in [2.05, 4.69) is 26.2 Å². The summed E-state index contributed by atoms with van der Waals surface area (Å²) in [6.45, 7) is 2.00. The molecule has 0 aliphatic rings. The molecule has 0 aliphatic carbocycles. The molecule has 2 aromatic carbocycles. The third kappa shape index (κ3) is 3.77. The van der Waals surface area contributed by atoms with Crippen molar-refractivity contribution in [2.45, 2.75) is 12.1 Å². The molecule has 0 radical (unpaired) electrons. The average molecular weight is 425 g/mol. The standard InChI is InChI=1S/C17H15BrClN3OS/c1-10-3-5-13(12(18)7-10)20-16(23)9-24-17-21-14-8-11(19)4-6-15(14)22(17)2/h3-8H,9H2,1-2H3,(H,20,23). The van der Waals surface area contributed by atoms with Crippen LogP contribution in [0.1, 0.15) is 5.56 Å². The van der Waals surface area contributed by atoms with E-state index in [-0.39, 0.29) is 11.7 Å². The number of aryl methyl sites for hydroxylation is 2. The smallest absolute Gasteiger partial charge is 0.234 e. The first-order valence-electron chi connectivity index (χ1n) is 7.25. The summed E-state index contributed by atoms with van der Waals surface area (Å²) in [5, 5.41) is 4.34. The van der Waals surface area contributed by atoms with E-state index in [9.17, 15) is 4.79 Å². The molecule has 1 amide bonds. The first-order chi connectivity index (χ1) is 11.4. The molecule has 3 aromatic rings. The second-order valence-electron chi connectivity index (χ2n) is 5.41. The average Bonchev–Trinajstić information content (AvgIpc) is 2.83. The molecule has 24 heavy (non-hydrogen) atoms. The van der Waals surface area contributed by atoms with Crippen molar-refractivity contribution in [3.8, 4) is 0 Å². The summed E-state index contributed by atoms with van der Waals surface area (Å²) in [6, 6.07) is 11.4. The van der Waals surface area contributed by atoms with Gasteiger partial charge in [-0.25, -0.2) is 4.98 Å². The highest BCUT2D eigenvalue weighted by molar-refractivity contribution is 9.10. The summed E-state index contributed by atoms with van der Waals surface area (Å²) in [7, 11) is 1.93. The summed E-state index contributed by atoms with van der Waals surface area (Å²) in [4.78, 5) is 16.7. The molecule has 0 unspecified atom stereocenters. The van der Waals surface area contributed by atoms with E-state index in [1.807, 2.05) is 54.9 Å². The fourth-order valence-corrected chi connectivity index (χ4v) is 3.86. The highest BCUT2D eigenvalue weighted by Crippen LogP contribution is 2.26. The predicted molar refractivity (Wildman–Crippen MR) is 104 cm³/mol. The van der Waals surface area contributed by atoms with Crippen LogP contribution in [-0.4, -0.2) is 21.2 Å². The van der Waals surface area contributed by atoms with E-state index in [0.29, 0.717) is 5.02 Å². The van der Waals surface area contributed by atoms with Gasteiger partial charge in [0, 0.05) is 16.5 Å². The van der Waals surface area contributed by atoms with Gasteiger partial charge in [-0.15, -0.1) is 0 Å². The van der Waals surface area contributed by atoms with Crippen molar-refractivity contribution in [2.75, 3.05) is 11.1 Å². The number of anilines is 1. The van der Waals surface area contributed by atoms with Crippen LogP contribution in [0.4, 0.5) is 5.69 Å². The Kier molecular flexibility index (Phi) is 5.18. The van der Waals surface area contributed by atoms with Crippen LogP contribution < -0.4 is 5.32 Å². The predicted octanol–water partition coefficient (Wildman–Crippen LogP) is 5.03. The van der Waals surface area contributed by atoms with Gasteiger partial charge in [0.15, 0.2) is 5.16 Å². The number of halogens is 2. The van der Waals surface area contributed by atoms with Gasteiger partial charge in [-0.05, 0) is 58.7 Å². The SMILES string of the molecule is Cc1ccc(NC(=O)CSc2nc3cc(Cl)ccc3n2C)c(Br)c1. The molecule has 0 saturated heterocycles. The number of aromatic nitrogens is 2. The number of imidazole rings is 1. The van der Waals surface area contributed by atoms with Gasteiger partial charge in [0.1, 0.15) is 0 Å². The fraction of sp³-hybridized carbons (Fsp3) is 0.176. The molecule has 0 atom stereocenters. The zero-order chi connectivity index (χ0) is 17.3. The highest BCUT2D eigenvalue weighted by atomic mass is 79.9. The molecular weight excluding hydrogens is 410 g/mol. The molecule has 3 rings (SSSR count). The fourth-order valence-electron chi connectivity index (χ4n) is 2.32. The number of hydrogen-bond donors (Lipinski definition) is 1. The van der Waals surface area contributed by atoms with Crippen LogP contribution in [0.2, 0.25) is 5.02 Å². The number of nitrogens with one attached hydrogen (secondary N) is 1. The number of nitrogens with zero attached hydrogens (tertiary/aromatic N) is 2. The number of fused-ring (bicyclic) bond motifs is 1. The molecule has 0 aliphatic heterocycles. The number of rotatable bonds is 4. The van der Waals surface area contributed by atoms with Crippen LogP contribution in [-0.2, 0) is 11.8 Å². The van der Waals surface area contributed by atoms with Crippen molar-refractivity contribution in [1.29, 1.82) is 0 Å². The van der Waals surface area contributed by atoms with E-state index < -0.39 is 0 Å². The third-order valence-electron chi connectivity index (χ3n) is 3.53. The minimum atomic E-state index is -0.0744. The molecule has 0 bridgehead atoms. The first-order valence-corrected chi connectivity index (χ1v) is 9.40. The van der Waals surface area contributed by atoms with Crippen LogP contribution in [0.15, 0.2) is 46.0 Å². The Morgan fingerprint density at radius 1 is 1.33 bits per heavy atom. The molecule has 1 heterocycles. The Morgan fingerprint density at radius 3 is 2.88 bits per heavy atom. The van der Waals surface area contributed by atoms with Gasteiger partial charge in [0.25, 0.3) is 0 Å². The van der Waals surface area contributed by atoms with Crippen LogP contribution in [0.3, 0.4) is 0 Å². The summed E-state index contributed by atoms with van der Waals surface area (Å²) in [5.74, 6) is 0.209. The van der Waals surface area contributed by atoms with Crippen molar-refractivity contribution >= 4 is 61.9 Å². The van der Waals surface area contributed by atoms with Crippen molar-refractivity contribution in [1.82, 2.24) is 9.55 Å². The minimum Gasteiger partial charge on any atom is -0.324 e. The van der Waals surface area contributed by atoms with Crippen molar-refractivity contribution in [2.24, 2.45) is 7.05 Å². The number of thioether (sulfide) groups is 1. The van der Waals surface area contributed by atoms with E-state index in [1.165, 1.54) is 11.8 Å². The van der Waals surface area contributed by atoms with Gasteiger partial charge in [0.05, 0.1) is 22.5 Å². The maximum absolute atomic E-state index is 12.2. The van der Waals surface area contributed by atoms with Gasteiger partial charge in [-0.3, -0.25) is 4.79 Å². The molecule has 0 fully saturated rings. The van der Waals surface area contributed by atoms with Gasteiger partial charge in [-0.1, -0.05) is 29.4 Å². The van der Waals surface area contributed by atoms with Gasteiger partial charge in [-0.2, -0.15) is 0 Å². The molecule has 1 aromatic heterocycles. The minimum absolute atomic E-state index is 0.0744. The summed E-state index contributed by atoms with van der Waals surface area (Å²) in [6.07, 6.45) is 0. The van der Waals surface area contributed by atoms with Crippen molar-refractivity contribution in [3.63, 3.8) is 0 Å². The molecule has 0 spiro atoms. The second kappa shape index (κ2) is 7.17. The maximum Gasteiger partial charge on any atom is 0.234 e. The Hall–Kier alpha value is -1.50. The summed E-state index contributed by atoms with van der Waals surface area (Å²) < 4.78 is 2.84. The maximum atomic E-state index is 12.2. The molecule has 4 nitrogen and oxygen atoms in total. The van der Waals surface area contributed by atoms with Gasteiger partial charge >= 0.3 is 0 Å². The summed E-state index contributed by atoms with van der Waals surface area (Å²) >= 11 is 10.9. The molecule has 1 N–H and O–H groups in total. The van der Waals surface area contributed by atoms with Crippen molar-refractivity contribution in [3.05, 3.63) is 51.5 Å². The van der Waals surface area contributed by atoms with Gasteiger partial charge < -0.3 is 9.88 Å². The van der Waals surface area contributed by atoms with Crippen LogP contribution in [0, 0.1) is 6.92 Å². The largest absolute Gasteiger partial charge is 0.324 e. The first kappa shape index (κ1) is 17.3. The Morgan fingerprint density at radius 2 is 2.12 bits per heavy atom. The normalized spacial score (nSPS) is 11.0. The van der Waals surface area contributed by atoms with E-state index in [0.717, 1.165) is 31.9 Å². The lowest BCUT2D eigenvalue weighted by Crippen LogP contribution is -2.14. The monoisotopic (exact) mass is 423 g/mol. The zero-order valence-corrected chi connectivity index (χ0v) is 16.3. The number of benzene rings is 2. The second-order valence-corrected chi connectivity index (χ2v) is 7.64. The highest BCUT2D eigenvalue weighted by Gasteiger charge is 2.12. The molecular formula is C17H15BrClN3OS. The topological polar surface area (TPSA) is 46.9 Å². The number of amides is 1. The van der Waals surface area contributed by atoms with E-state index in [1.54, 1.807) is 0 Å². The van der Waals surface area contributed by atoms with Gasteiger partial charge in [0.2, 0.25) is 5.91 Å². The summed E-state index contributed by atoms with van der Waals surface area (Å²) in [5.41, 5.74) is 3.72. The molecule has 124 valence electrons. The van der Waals surface area contributed by atoms with E-state index in [4.69, 9.17) is 11.6 Å². The zero-order valence-electron chi connectivity index (χ0n) is 13.1. The van der Waals surface area contributed by atoms with Crippen LogP contribution >= 0.6 is 39.3 Å². The van der Waals surface area contributed by atoms with E-state index >= 15 is 0 Å². The van der Waals surface area contributed by atoms with Crippen LogP contribution in [0.25, 0.3) is 11.0 Å². The quantitative estimate of drug-likeness (QED) is 0.598. The van der Waals surface area contributed by atoms with Crippen LogP contribution in [0.5, 0.6) is 0 Å². The Bertz CT molecular complexity index is 926. The number of hydrogen-bond acceptors (Lipinski definition) is 3. The number of carbonyl (C=O) groups is 1. The van der Waals surface area contributed by atoms with Crippen molar-refractivity contribution < 1.29 is 4.79 Å². The Balaban J connectivity index is 1.69. The molecule has 7 heteroatoms. The lowest BCUT2D eigenvalue weighted by Gasteiger charge is -2.08. The lowest BCUT2D eigenvalue weighted by atomic mass is 10.2.